The molecule has 0 aliphatic rings. The highest BCUT2D eigenvalue weighted by molar-refractivity contribution is 7.88. The van der Waals surface area contributed by atoms with Gasteiger partial charge < -0.3 is 4.74 Å². The molecule has 1 aromatic carbocycles. The predicted octanol–water partition coefficient (Wildman–Crippen LogP) is 3.96. The first-order chi connectivity index (χ1) is 10.4. The summed E-state index contributed by atoms with van der Waals surface area (Å²) in [5, 5.41) is 0.777. The molecule has 0 bridgehead atoms. The maximum Gasteiger partial charge on any atom is 0.218 e. The molecule has 1 rings (SSSR count). The lowest BCUT2D eigenvalue weighted by molar-refractivity contribution is 0.163. The van der Waals surface area contributed by atoms with Gasteiger partial charge in [-0.2, -0.15) is 4.31 Å². The Hall–Kier alpha value is -0.330. The van der Waals surface area contributed by atoms with Crippen LogP contribution in [0.3, 0.4) is 0 Å². The van der Waals surface area contributed by atoms with Crippen LogP contribution in [0.4, 0.5) is 0 Å². The van der Waals surface area contributed by atoms with E-state index in [1.165, 1.54) is 0 Å². The number of ether oxygens (including phenoxy) is 1. The van der Waals surface area contributed by atoms with E-state index in [-0.39, 0.29) is 11.8 Å². The van der Waals surface area contributed by atoms with Crippen molar-refractivity contribution in [3.63, 3.8) is 0 Å². The maximum atomic E-state index is 12.8. The lowest BCUT2D eigenvalue weighted by Gasteiger charge is -2.29. The number of sulfonamides is 1. The fourth-order valence-corrected chi connectivity index (χ4v) is 4.54. The van der Waals surface area contributed by atoms with Gasteiger partial charge in [0.25, 0.3) is 0 Å². The van der Waals surface area contributed by atoms with E-state index in [1.807, 2.05) is 13.8 Å². The summed E-state index contributed by atoms with van der Waals surface area (Å²) in [5.74, 6) is -0.0932. The Labute approximate surface area is 143 Å². The largest absolute Gasteiger partial charge is 0.383 e. The van der Waals surface area contributed by atoms with Gasteiger partial charge in [-0.15, -0.1) is 0 Å². The van der Waals surface area contributed by atoms with Crippen molar-refractivity contribution in [2.24, 2.45) is 0 Å². The molecule has 0 unspecified atom stereocenters. The minimum Gasteiger partial charge on any atom is -0.383 e. The normalized spacial score (nSPS) is 12.3. The Morgan fingerprint density at radius 2 is 1.82 bits per heavy atom. The van der Waals surface area contributed by atoms with Gasteiger partial charge >= 0.3 is 0 Å². The van der Waals surface area contributed by atoms with E-state index in [4.69, 9.17) is 27.9 Å². The van der Waals surface area contributed by atoms with Gasteiger partial charge in [-0.3, -0.25) is 0 Å². The number of nitrogens with zero attached hydrogens (tertiary/aromatic N) is 1. The van der Waals surface area contributed by atoms with Crippen molar-refractivity contribution in [3.05, 3.63) is 33.8 Å². The van der Waals surface area contributed by atoms with E-state index in [1.54, 1.807) is 29.6 Å². The topological polar surface area (TPSA) is 46.6 Å². The Morgan fingerprint density at radius 3 is 2.32 bits per heavy atom. The first kappa shape index (κ1) is 19.7. The lowest BCUT2D eigenvalue weighted by atomic mass is 10.2. The fourth-order valence-electron chi connectivity index (χ4n) is 2.35. The van der Waals surface area contributed by atoms with Gasteiger partial charge in [-0.1, -0.05) is 43.1 Å². The zero-order valence-electron chi connectivity index (χ0n) is 13.2. The van der Waals surface area contributed by atoms with Gasteiger partial charge in [0.2, 0.25) is 10.0 Å². The molecule has 0 N–H and O–H groups in total. The lowest BCUT2D eigenvalue weighted by Crippen LogP contribution is -2.42. The Balaban J connectivity index is 3.01. The fraction of sp³-hybridized carbons (Fsp3) is 0.600. The summed E-state index contributed by atoms with van der Waals surface area (Å²) in [6.07, 6.45) is 1.53. The van der Waals surface area contributed by atoms with Gasteiger partial charge in [0, 0.05) is 19.7 Å². The summed E-state index contributed by atoms with van der Waals surface area (Å²) >= 11 is 11.8. The third-order valence-electron chi connectivity index (χ3n) is 3.56. The summed E-state index contributed by atoms with van der Waals surface area (Å²) in [7, 11) is -1.88. The molecule has 0 atom stereocenters. The van der Waals surface area contributed by atoms with Crippen LogP contribution in [0.25, 0.3) is 0 Å². The van der Waals surface area contributed by atoms with Crippen molar-refractivity contribution in [1.29, 1.82) is 0 Å². The van der Waals surface area contributed by atoms with Gasteiger partial charge in [0.15, 0.2) is 0 Å². The van der Waals surface area contributed by atoms with E-state index in [0.29, 0.717) is 28.8 Å². The molecule has 4 nitrogen and oxygen atoms in total. The standard InChI is InChI=1S/C15H23Cl2NO3S/c1-4-13(5-2)18(8-9-21-3)22(19,20)11-12-6-7-14(16)15(17)10-12/h6-7,10,13H,4-5,8-9,11H2,1-3H3. The summed E-state index contributed by atoms with van der Waals surface area (Å²) < 4.78 is 32.1. The SMILES string of the molecule is CCC(CC)N(CCOC)S(=O)(=O)Cc1ccc(Cl)c(Cl)c1. The third kappa shape index (κ3) is 5.39. The molecule has 7 heteroatoms. The second-order valence-electron chi connectivity index (χ2n) is 5.08. The second kappa shape index (κ2) is 9.08. The number of halogens is 2. The quantitative estimate of drug-likeness (QED) is 0.663. The molecular weight excluding hydrogens is 345 g/mol. The molecule has 0 aromatic heterocycles. The van der Waals surface area contributed by atoms with Crippen molar-refractivity contribution in [3.8, 4) is 0 Å². The van der Waals surface area contributed by atoms with Crippen molar-refractivity contribution in [2.75, 3.05) is 20.3 Å². The molecule has 1 aromatic rings. The molecule has 126 valence electrons. The average Bonchev–Trinajstić information content (AvgIpc) is 2.47. The van der Waals surface area contributed by atoms with Crippen molar-refractivity contribution >= 4 is 33.2 Å². The Bertz CT molecular complexity index is 574. The molecule has 22 heavy (non-hydrogen) atoms. The molecule has 0 saturated carbocycles. The first-order valence-electron chi connectivity index (χ1n) is 7.28. The van der Waals surface area contributed by atoms with Crippen LogP contribution in [0.1, 0.15) is 32.3 Å². The third-order valence-corrected chi connectivity index (χ3v) is 6.19. The van der Waals surface area contributed by atoms with Crippen molar-refractivity contribution in [1.82, 2.24) is 4.31 Å². The number of benzene rings is 1. The number of hydrogen-bond donors (Lipinski definition) is 0. The van der Waals surface area contributed by atoms with Crippen LogP contribution in [0.2, 0.25) is 10.0 Å². The van der Waals surface area contributed by atoms with Crippen LogP contribution >= 0.6 is 23.2 Å². The molecule has 0 amide bonds. The van der Waals surface area contributed by atoms with Crippen LogP contribution in [0, 0.1) is 0 Å². The van der Waals surface area contributed by atoms with Gasteiger partial charge in [0.05, 0.1) is 22.4 Å². The van der Waals surface area contributed by atoms with Gasteiger partial charge in [-0.25, -0.2) is 8.42 Å². The van der Waals surface area contributed by atoms with Crippen molar-refractivity contribution in [2.45, 2.75) is 38.5 Å². The van der Waals surface area contributed by atoms with Crippen LogP contribution in [0.15, 0.2) is 18.2 Å². The van der Waals surface area contributed by atoms with E-state index in [9.17, 15) is 8.42 Å². The monoisotopic (exact) mass is 367 g/mol. The number of rotatable bonds is 9. The highest BCUT2D eigenvalue weighted by Crippen LogP contribution is 2.25. The zero-order valence-corrected chi connectivity index (χ0v) is 15.5. The van der Waals surface area contributed by atoms with E-state index < -0.39 is 10.0 Å². The summed E-state index contributed by atoms with van der Waals surface area (Å²) in [4.78, 5) is 0. The van der Waals surface area contributed by atoms with E-state index in [0.717, 1.165) is 12.8 Å². The van der Waals surface area contributed by atoms with Crippen LogP contribution < -0.4 is 0 Å². The minimum atomic E-state index is -3.45. The molecule has 0 radical (unpaired) electrons. The molecule has 0 aliphatic heterocycles. The van der Waals surface area contributed by atoms with E-state index in [2.05, 4.69) is 0 Å². The smallest absolute Gasteiger partial charge is 0.218 e. The number of hydrogen-bond acceptors (Lipinski definition) is 3. The molecule has 0 aliphatic carbocycles. The van der Waals surface area contributed by atoms with Gasteiger partial charge in [0.1, 0.15) is 0 Å². The average molecular weight is 368 g/mol. The maximum absolute atomic E-state index is 12.8. The zero-order chi connectivity index (χ0) is 16.8. The van der Waals surface area contributed by atoms with Crippen LogP contribution in [-0.2, 0) is 20.5 Å². The Morgan fingerprint density at radius 1 is 1.18 bits per heavy atom. The van der Waals surface area contributed by atoms with Crippen LogP contribution in [0.5, 0.6) is 0 Å². The summed E-state index contributed by atoms with van der Waals surface area (Å²) in [6, 6.07) is 4.88. The molecule has 0 spiro atoms. The first-order valence-corrected chi connectivity index (χ1v) is 9.64. The predicted molar refractivity (Wildman–Crippen MR) is 92.0 cm³/mol. The summed E-state index contributed by atoms with van der Waals surface area (Å²) in [5.41, 5.74) is 0.628. The number of methoxy groups -OCH3 is 1. The molecule has 0 heterocycles. The minimum absolute atomic E-state index is 0.0251. The second-order valence-corrected chi connectivity index (χ2v) is 7.81. The highest BCUT2D eigenvalue weighted by atomic mass is 35.5. The van der Waals surface area contributed by atoms with Crippen molar-refractivity contribution < 1.29 is 13.2 Å². The Kier molecular flexibility index (Phi) is 8.14. The van der Waals surface area contributed by atoms with Gasteiger partial charge in [-0.05, 0) is 30.5 Å². The molecular formula is C15H23Cl2NO3S. The molecule has 0 fully saturated rings. The van der Waals surface area contributed by atoms with Crippen LogP contribution in [-0.4, -0.2) is 39.0 Å². The highest BCUT2D eigenvalue weighted by Gasteiger charge is 2.28. The summed E-state index contributed by atoms with van der Waals surface area (Å²) in [6.45, 7) is 4.70. The van der Waals surface area contributed by atoms with E-state index >= 15 is 0 Å². The molecule has 0 saturated heterocycles.